The van der Waals surface area contributed by atoms with Gasteiger partial charge in [0, 0.05) is 6.04 Å². The lowest BCUT2D eigenvalue weighted by molar-refractivity contribution is 0.0920. The molecule has 0 saturated heterocycles. The van der Waals surface area contributed by atoms with E-state index in [-0.39, 0.29) is 11.7 Å². The van der Waals surface area contributed by atoms with Crippen LogP contribution in [0.4, 0.5) is 0 Å². The van der Waals surface area contributed by atoms with Gasteiger partial charge in [-0.2, -0.15) is 0 Å². The first-order valence-electron chi connectivity index (χ1n) is 6.45. The Balaban J connectivity index is 1.88. The topological polar surface area (TPSA) is 70.7 Å². The fourth-order valence-electron chi connectivity index (χ4n) is 2.29. The van der Waals surface area contributed by atoms with Gasteiger partial charge in [0.15, 0.2) is 0 Å². The van der Waals surface area contributed by atoms with Crippen LogP contribution in [0, 0.1) is 6.92 Å². The summed E-state index contributed by atoms with van der Waals surface area (Å²) in [5.74, 6) is 0.775. The average molecular weight is 236 g/mol. The van der Waals surface area contributed by atoms with Gasteiger partial charge < -0.3 is 5.32 Å². The minimum absolute atomic E-state index is 0.153. The molecular weight excluding hydrogens is 216 g/mol. The molecule has 1 aromatic rings. The molecule has 0 bridgehead atoms. The molecule has 1 aliphatic rings. The number of hydrogen-bond acceptors (Lipinski definition) is 3. The van der Waals surface area contributed by atoms with Crippen molar-refractivity contribution in [2.24, 2.45) is 0 Å². The number of rotatable bonds is 2. The van der Waals surface area contributed by atoms with Crippen LogP contribution in [0.3, 0.4) is 0 Å². The SMILES string of the molecule is Cc1nc(C(=O)NC2CCCCCCC2)n[nH]1. The molecule has 1 aromatic heterocycles. The third-order valence-corrected chi connectivity index (χ3v) is 3.24. The molecule has 0 aromatic carbocycles. The number of amides is 1. The Morgan fingerprint density at radius 2 is 1.88 bits per heavy atom. The van der Waals surface area contributed by atoms with Gasteiger partial charge in [0.05, 0.1) is 0 Å². The van der Waals surface area contributed by atoms with Gasteiger partial charge in [0.1, 0.15) is 5.82 Å². The molecule has 2 N–H and O–H groups in total. The Morgan fingerprint density at radius 3 is 2.47 bits per heavy atom. The highest BCUT2D eigenvalue weighted by atomic mass is 16.2. The molecule has 1 amide bonds. The van der Waals surface area contributed by atoms with Crippen molar-refractivity contribution in [2.75, 3.05) is 0 Å². The fourth-order valence-corrected chi connectivity index (χ4v) is 2.29. The maximum atomic E-state index is 11.9. The second kappa shape index (κ2) is 5.80. The molecule has 0 atom stereocenters. The Morgan fingerprint density at radius 1 is 1.24 bits per heavy atom. The largest absolute Gasteiger partial charge is 0.347 e. The predicted octanol–water partition coefficient (Wildman–Crippen LogP) is 1.96. The normalized spacial score (nSPS) is 18.4. The molecule has 1 aliphatic carbocycles. The zero-order valence-corrected chi connectivity index (χ0v) is 10.3. The zero-order valence-electron chi connectivity index (χ0n) is 10.3. The Hall–Kier alpha value is -1.39. The molecule has 0 unspecified atom stereocenters. The van der Waals surface area contributed by atoms with Gasteiger partial charge in [-0.25, -0.2) is 4.98 Å². The van der Waals surface area contributed by atoms with Gasteiger partial charge >= 0.3 is 0 Å². The highest BCUT2D eigenvalue weighted by Gasteiger charge is 2.17. The lowest BCUT2D eigenvalue weighted by atomic mass is 9.97. The third-order valence-electron chi connectivity index (χ3n) is 3.24. The summed E-state index contributed by atoms with van der Waals surface area (Å²) in [5, 5.41) is 9.59. The molecule has 17 heavy (non-hydrogen) atoms. The number of aromatic amines is 1. The smallest absolute Gasteiger partial charge is 0.291 e. The maximum absolute atomic E-state index is 11.9. The fraction of sp³-hybridized carbons (Fsp3) is 0.750. The van der Waals surface area contributed by atoms with E-state index < -0.39 is 0 Å². The number of H-pyrrole nitrogens is 1. The van der Waals surface area contributed by atoms with E-state index in [0.717, 1.165) is 12.8 Å². The van der Waals surface area contributed by atoms with Crippen LogP contribution in [0.25, 0.3) is 0 Å². The van der Waals surface area contributed by atoms with Crippen LogP contribution in [0.5, 0.6) is 0 Å². The quantitative estimate of drug-likeness (QED) is 0.824. The van der Waals surface area contributed by atoms with E-state index in [2.05, 4.69) is 20.5 Å². The van der Waals surface area contributed by atoms with E-state index in [1.54, 1.807) is 6.92 Å². The van der Waals surface area contributed by atoms with E-state index in [1.165, 1.54) is 32.1 Å². The predicted molar refractivity (Wildman–Crippen MR) is 64.7 cm³/mol. The van der Waals surface area contributed by atoms with Crippen molar-refractivity contribution in [2.45, 2.75) is 57.9 Å². The lowest BCUT2D eigenvalue weighted by Crippen LogP contribution is -2.35. The Bertz CT molecular complexity index is 366. The lowest BCUT2D eigenvalue weighted by Gasteiger charge is -2.20. The zero-order chi connectivity index (χ0) is 12.1. The number of nitrogens with one attached hydrogen (secondary N) is 2. The highest BCUT2D eigenvalue weighted by molar-refractivity contribution is 5.90. The molecule has 0 aliphatic heterocycles. The van der Waals surface area contributed by atoms with Gasteiger partial charge in [-0.15, -0.1) is 5.10 Å². The standard InChI is InChI=1S/C12H20N4O/c1-9-13-11(16-15-9)12(17)14-10-7-5-3-2-4-6-8-10/h10H,2-8H2,1H3,(H,14,17)(H,13,15,16). The summed E-state index contributed by atoms with van der Waals surface area (Å²) in [6.45, 7) is 1.79. The van der Waals surface area contributed by atoms with Crippen LogP contribution in [0.15, 0.2) is 0 Å². The molecule has 1 fully saturated rings. The van der Waals surface area contributed by atoms with Crippen LogP contribution < -0.4 is 5.32 Å². The molecule has 5 heteroatoms. The van der Waals surface area contributed by atoms with Crippen molar-refractivity contribution in [3.05, 3.63) is 11.6 Å². The van der Waals surface area contributed by atoms with E-state index >= 15 is 0 Å². The summed E-state index contributed by atoms with van der Waals surface area (Å²) < 4.78 is 0. The van der Waals surface area contributed by atoms with Gasteiger partial charge in [0.25, 0.3) is 5.91 Å². The van der Waals surface area contributed by atoms with E-state index in [0.29, 0.717) is 11.9 Å². The Labute approximate surface area is 101 Å². The van der Waals surface area contributed by atoms with E-state index in [1.807, 2.05) is 0 Å². The van der Waals surface area contributed by atoms with Gasteiger partial charge in [-0.1, -0.05) is 32.1 Å². The third kappa shape index (κ3) is 3.54. The van der Waals surface area contributed by atoms with Gasteiger partial charge in [-0.05, 0) is 19.8 Å². The van der Waals surface area contributed by atoms with Crippen LogP contribution >= 0.6 is 0 Å². The van der Waals surface area contributed by atoms with Crippen molar-refractivity contribution in [3.8, 4) is 0 Å². The number of carbonyl (C=O) groups excluding carboxylic acids is 1. The van der Waals surface area contributed by atoms with Gasteiger partial charge in [-0.3, -0.25) is 9.89 Å². The maximum Gasteiger partial charge on any atom is 0.291 e. The molecule has 0 spiro atoms. The molecule has 2 rings (SSSR count). The second-order valence-electron chi connectivity index (χ2n) is 4.76. The number of aromatic nitrogens is 3. The average Bonchev–Trinajstić information content (AvgIpc) is 2.68. The van der Waals surface area contributed by atoms with Crippen molar-refractivity contribution in [3.63, 3.8) is 0 Å². The van der Waals surface area contributed by atoms with Crippen molar-refractivity contribution in [1.82, 2.24) is 20.5 Å². The van der Waals surface area contributed by atoms with Crippen LogP contribution in [0.2, 0.25) is 0 Å². The van der Waals surface area contributed by atoms with E-state index in [4.69, 9.17) is 0 Å². The Kier molecular flexibility index (Phi) is 4.12. The van der Waals surface area contributed by atoms with Crippen LogP contribution in [-0.2, 0) is 0 Å². The first kappa shape index (κ1) is 12.1. The monoisotopic (exact) mass is 236 g/mol. The summed E-state index contributed by atoms with van der Waals surface area (Å²) in [7, 11) is 0. The summed E-state index contributed by atoms with van der Waals surface area (Å²) in [6.07, 6.45) is 8.47. The molecule has 0 radical (unpaired) electrons. The number of hydrogen-bond donors (Lipinski definition) is 2. The van der Waals surface area contributed by atoms with Gasteiger partial charge in [0.2, 0.25) is 5.82 Å². The molecule has 1 saturated carbocycles. The van der Waals surface area contributed by atoms with E-state index in [9.17, 15) is 4.79 Å². The summed E-state index contributed by atoms with van der Waals surface area (Å²) in [6, 6.07) is 0.293. The number of nitrogens with zero attached hydrogens (tertiary/aromatic N) is 2. The van der Waals surface area contributed by atoms with Crippen molar-refractivity contribution >= 4 is 5.91 Å². The minimum atomic E-state index is -0.153. The van der Waals surface area contributed by atoms with Crippen molar-refractivity contribution < 1.29 is 4.79 Å². The van der Waals surface area contributed by atoms with Crippen LogP contribution in [0.1, 0.15) is 61.4 Å². The molecule has 94 valence electrons. The first-order valence-corrected chi connectivity index (χ1v) is 6.45. The highest BCUT2D eigenvalue weighted by Crippen LogP contribution is 2.17. The molecule has 5 nitrogen and oxygen atoms in total. The summed E-state index contributed by atoms with van der Waals surface area (Å²) >= 11 is 0. The number of carbonyl (C=O) groups is 1. The second-order valence-corrected chi connectivity index (χ2v) is 4.76. The minimum Gasteiger partial charge on any atom is -0.347 e. The number of aryl methyl sites for hydroxylation is 1. The summed E-state index contributed by atoms with van der Waals surface area (Å²) in [5.41, 5.74) is 0. The first-order chi connectivity index (χ1) is 8.25. The van der Waals surface area contributed by atoms with Crippen molar-refractivity contribution in [1.29, 1.82) is 0 Å². The molecule has 1 heterocycles. The molecular formula is C12H20N4O. The summed E-state index contributed by atoms with van der Waals surface area (Å²) in [4.78, 5) is 15.9. The van der Waals surface area contributed by atoms with Crippen LogP contribution in [-0.4, -0.2) is 27.1 Å².